The standard InChI is InChI=1S/C20H15F6N2O5P/c21-14-4-1-3-13(20(24,25)26)11(14)9-28-8-7-17(27-28)12(10-33-34(30,31)32)19(29)18-15(22)5-2-6-16(18)23/h1-8,12H,9-10H2,(H2,30,31,32)/p-2. The van der Waals surface area contributed by atoms with Crippen molar-refractivity contribution in [3.05, 3.63) is 88.5 Å². The molecule has 1 atom stereocenters. The van der Waals surface area contributed by atoms with E-state index in [9.17, 15) is 45.5 Å². The Morgan fingerprint density at radius 1 is 1.03 bits per heavy atom. The first-order chi connectivity index (χ1) is 15.8. The van der Waals surface area contributed by atoms with Gasteiger partial charge >= 0.3 is 6.18 Å². The fraction of sp³-hybridized carbons (Fsp3) is 0.200. The van der Waals surface area contributed by atoms with Gasteiger partial charge in [-0.05, 0) is 30.3 Å². The number of rotatable bonds is 8. The van der Waals surface area contributed by atoms with Gasteiger partial charge in [0.2, 0.25) is 0 Å². The highest BCUT2D eigenvalue weighted by Gasteiger charge is 2.35. The number of nitrogens with zero attached hydrogens (tertiary/aromatic N) is 2. The van der Waals surface area contributed by atoms with Gasteiger partial charge in [0.25, 0.3) is 0 Å². The summed E-state index contributed by atoms with van der Waals surface area (Å²) in [5.41, 5.74) is -3.49. The van der Waals surface area contributed by atoms with Crippen molar-refractivity contribution in [2.75, 3.05) is 6.61 Å². The normalized spacial score (nSPS) is 13.2. The minimum absolute atomic E-state index is 0.383. The lowest BCUT2D eigenvalue weighted by atomic mass is 9.94. The average Bonchev–Trinajstić information content (AvgIpc) is 3.16. The summed E-state index contributed by atoms with van der Waals surface area (Å²) in [7, 11) is -5.62. The van der Waals surface area contributed by atoms with E-state index in [4.69, 9.17) is 0 Å². The van der Waals surface area contributed by atoms with E-state index in [0.29, 0.717) is 6.07 Å². The maximum absolute atomic E-state index is 14.1. The van der Waals surface area contributed by atoms with E-state index in [2.05, 4.69) is 9.62 Å². The summed E-state index contributed by atoms with van der Waals surface area (Å²) in [6.45, 7) is -1.93. The summed E-state index contributed by atoms with van der Waals surface area (Å²) >= 11 is 0. The maximum Gasteiger partial charge on any atom is 0.416 e. The Bertz CT molecular complexity index is 1240. The van der Waals surface area contributed by atoms with E-state index >= 15 is 0 Å². The number of Topliss-reactive ketones (excluding diaryl/α,β-unsaturated/α-hetero) is 1. The monoisotopic (exact) mass is 506 g/mol. The van der Waals surface area contributed by atoms with Gasteiger partial charge in [-0.1, -0.05) is 12.1 Å². The summed E-state index contributed by atoms with van der Waals surface area (Å²) in [4.78, 5) is 34.6. The number of aromatic nitrogens is 2. The second kappa shape index (κ2) is 9.71. The van der Waals surface area contributed by atoms with Crippen LogP contribution in [0.2, 0.25) is 0 Å². The van der Waals surface area contributed by atoms with Gasteiger partial charge in [-0.3, -0.25) is 9.48 Å². The third-order valence-corrected chi connectivity index (χ3v) is 5.15. The van der Waals surface area contributed by atoms with E-state index in [-0.39, 0.29) is 5.69 Å². The molecule has 2 aromatic carbocycles. The molecule has 7 nitrogen and oxygen atoms in total. The lowest BCUT2D eigenvalue weighted by Gasteiger charge is -2.30. The van der Waals surface area contributed by atoms with Crippen LogP contribution >= 0.6 is 7.82 Å². The quantitative estimate of drug-likeness (QED) is 0.264. The van der Waals surface area contributed by atoms with Crippen molar-refractivity contribution in [3.8, 4) is 0 Å². The van der Waals surface area contributed by atoms with Gasteiger partial charge in [0.1, 0.15) is 17.5 Å². The maximum atomic E-state index is 14.1. The van der Waals surface area contributed by atoms with Crippen molar-refractivity contribution in [3.63, 3.8) is 0 Å². The Hall–Kier alpha value is -2.99. The fourth-order valence-electron chi connectivity index (χ4n) is 3.17. The van der Waals surface area contributed by atoms with Crippen LogP contribution in [0.5, 0.6) is 0 Å². The molecule has 3 aromatic rings. The molecule has 0 radical (unpaired) electrons. The van der Waals surface area contributed by atoms with Crippen molar-refractivity contribution in [1.82, 2.24) is 9.78 Å². The molecule has 0 saturated heterocycles. The Kier molecular flexibility index (Phi) is 7.32. The largest absolute Gasteiger partial charge is 0.790 e. The lowest BCUT2D eigenvalue weighted by molar-refractivity contribution is -0.341. The second-order valence-electron chi connectivity index (χ2n) is 6.96. The van der Waals surface area contributed by atoms with Crippen molar-refractivity contribution >= 4 is 13.6 Å². The average molecular weight is 506 g/mol. The van der Waals surface area contributed by atoms with Gasteiger partial charge < -0.3 is 18.9 Å². The number of hydrogen-bond donors (Lipinski definition) is 0. The number of ketones is 1. The van der Waals surface area contributed by atoms with Gasteiger partial charge in [0.15, 0.2) is 5.78 Å². The summed E-state index contributed by atoms with van der Waals surface area (Å²) in [5.74, 6) is -6.93. The van der Waals surface area contributed by atoms with Crippen LogP contribution < -0.4 is 9.79 Å². The molecule has 1 aromatic heterocycles. The predicted molar refractivity (Wildman–Crippen MR) is 99.7 cm³/mol. The van der Waals surface area contributed by atoms with E-state index in [0.717, 1.165) is 47.3 Å². The Morgan fingerprint density at radius 3 is 2.21 bits per heavy atom. The van der Waals surface area contributed by atoms with Crippen LogP contribution in [0.4, 0.5) is 26.3 Å². The first-order valence-corrected chi connectivity index (χ1v) is 10.8. The Balaban J connectivity index is 1.98. The summed E-state index contributed by atoms with van der Waals surface area (Å²) < 4.78 is 97.8. The molecule has 182 valence electrons. The van der Waals surface area contributed by atoms with E-state index < -0.39 is 73.0 Å². The number of hydrogen-bond acceptors (Lipinski definition) is 6. The fourth-order valence-corrected chi connectivity index (χ4v) is 3.50. The van der Waals surface area contributed by atoms with Gasteiger partial charge in [0.05, 0.1) is 43.7 Å². The van der Waals surface area contributed by atoms with Crippen LogP contribution in [0, 0.1) is 17.5 Å². The zero-order valence-electron chi connectivity index (χ0n) is 16.8. The van der Waals surface area contributed by atoms with Crippen LogP contribution in [0.1, 0.15) is 33.1 Å². The molecule has 0 amide bonds. The van der Waals surface area contributed by atoms with Crippen LogP contribution in [0.15, 0.2) is 48.7 Å². The number of alkyl halides is 3. The topological polar surface area (TPSA) is 107 Å². The number of halogens is 6. The van der Waals surface area contributed by atoms with E-state index in [1.807, 2.05) is 0 Å². The van der Waals surface area contributed by atoms with Gasteiger partial charge in [-0.15, -0.1) is 0 Å². The number of carbonyl (C=O) groups is 1. The van der Waals surface area contributed by atoms with E-state index in [1.54, 1.807) is 0 Å². The third-order valence-electron chi connectivity index (χ3n) is 4.69. The minimum atomic E-state index is -5.62. The zero-order valence-corrected chi connectivity index (χ0v) is 17.7. The highest BCUT2D eigenvalue weighted by molar-refractivity contribution is 7.43. The molecule has 0 N–H and O–H groups in total. The number of phosphoric acid groups is 1. The van der Waals surface area contributed by atoms with Crippen molar-refractivity contribution in [1.29, 1.82) is 0 Å². The molecular formula is C20H13F6N2O5P-2. The van der Waals surface area contributed by atoms with Crippen molar-refractivity contribution in [2.24, 2.45) is 0 Å². The predicted octanol–water partition coefficient (Wildman–Crippen LogP) is 3.18. The smallest absolute Gasteiger partial charge is 0.416 e. The molecule has 1 heterocycles. The molecule has 0 fully saturated rings. The number of benzene rings is 2. The highest BCUT2D eigenvalue weighted by Crippen LogP contribution is 2.34. The SMILES string of the molecule is O=C(c1c(F)cccc1F)C(COP(=O)([O-])[O-])c1ccn(Cc2c(F)cccc2C(F)(F)F)n1. The van der Waals surface area contributed by atoms with Crippen LogP contribution in [0.25, 0.3) is 0 Å². The van der Waals surface area contributed by atoms with E-state index in [1.165, 1.54) is 0 Å². The van der Waals surface area contributed by atoms with Crippen molar-refractivity contribution in [2.45, 2.75) is 18.6 Å². The summed E-state index contributed by atoms with van der Waals surface area (Å²) in [5, 5.41) is 3.82. The molecule has 14 heteroatoms. The third kappa shape index (κ3) is 5.92. The first kappa shape index (κ1) is 25.6. The molecule has 34 heavy (non-hydrogen) atoms. The molecule has 3 rings (SSSR count). The zero-order chi connectivity index (χ0) is 25.3. The lowest BCUT2D eigenvalue weighted by Crippen LogP contribution is -2.25. The van der Waals surface area contributed by atoms with Crippen LogP contribution in [-0.4, -0.2) is 22.2 Å². The molecule has 0 spiro atoms. The second-order valence-corrected chi connectivity index (χ2v) is 8.11. The molecular weight excluding hydrogens is 493 g/mol. The molecule has 0 aliphatic heterocycles. The summed E-state index contributed by atoms with van der Waals surface area (Å²) in [6.07, 6.45) is -3.85. The molecule has 0 aliphatic rings. The Morgan fingerprint density at radius 2 is 1.62 bits per heavy atom. The van der Waals surface area contributed by atoms with Gasteiger partial charge in [0, 0.05) is 11.8 Å². The summed E-state index contributed by atoms with van der Waals surface area (Å²) in [6, 6.07) is 5.85. The van der Waals surface area contributed by atoms with Crippen LogP contribution in [0.3, 0.4) is 0 Å². The van der Waals surface area contributed by atoms with Gasteiger partial charge in [-0.25, -0.2) is 13.2 Å². The molecule has 1 unspecified atom stereocenters. The highest BCUT2D eigenvalue weighted by atomic mass is 31.2. The molecule has 0 saturated carbocycles. The number of carbonyl (C=O) groups excluding carboxylic acids is 1. The van der Waals surface area contributed by atoms with Crippen LogP contribution in [-0.2, 0) is 21.8 Å². The Labute approximate surface area is 187 Å². The first-order valence-electron chi connectivity index (χ1n) is 9.30. The van der Waals surface area contributed by atoms with Gasteiger partial charge in [-0.2, -0.15) is 18.3 Å². The molecule has 0 aliphatic carbocycles. The molecule has 0 bridgehead atoms. The number of phosphoric ester groups is 1. The minimum Gasteiger partial charge on any atom is -0.790 e. The van der Waals surface area contributed by atoms with Crippen molar-refractivity contribution < 1.29 is 50.0 Å².